The number of rotatable bonds is 7. The topological polar surface area (TPSA) is 123 Å². The standard InChI is InChI=1S/C25H21N3O6/c1-2-34-20-8-4-6-18(14-20)23(29)21-22(17-5-3-7-19(13-17)28(32)33)27(25(31)24(21)30)15-16-9-11-26-12-10-16/h3-14,22,29H,2,15H2,1H3. The van der Waals surface area contributed by atoms with Crippen molar-refractivity contribution < 1.29 is 24.4 Å². The molecule has 9 nitrogen and oxygen atoms in total. The van der Waals surface area contributed by atoms with E-state index < -0.39 is 22.7 Å². The van der Waals surface area contributed by atoms with Crippen LogP contribution < -0.4 is 4.74 Å². The van der Waals surface area contributed by atoms with Crippen molar-refractivity contribution in [2.75, 3.05) is 6.61 Å². The maximum atomic E-state index is 13.1. The van der Waals surface area contributed by atoms with Gasteiger partial charge in [-0.1, -0.05) is 24.3 Å². The van der Waals surface area contributed by atoms with Gasteiger partial charge in [-0.3, -0.25) is 24.7 Å². The number of pyridine rings is 1. The summed E-state index contributed by atoms with van der Waals surface area (Å²) >= 11 is 0. The molecule has 1 atom stereocenters. The molecule has 1 aliphatic rings. The van der Waals surface area contributed by atoms with Crippen LogP contribution in [0, 0.1) is 10.1 Å². The Morgan fingerprint density at radius 1 is 1.12 bits per heavy atom. The lowest BCUT2D eigenvalue weighted by Gasteiger charge is -2.25. The molecule has 1 aliphatic heterocycles. The molecule has 0 bridgehead atoms. The van der Waals surface area contributed by atoms with Crippen molar-refractivity contribution in [2.45, 2.75) is 19.5 Å². The van der Waals surface area contributed by atoms with E-state index in [4.69, 9.17) is 4.74 Å². The molecule has 2 aromatic carbocycles. The number of aliphatic hydroxyl groups excluding tert-OH is 1. The van der Waals surface area contributed by atoms with E-state index >= 15 is 0 Å². The van der Waals surface area contributed by atoms with E-state index in [0.29, 0.717) is 29.0 Å². The first-order valence-electron chi connectivity index (χ1n) is 10.6. The Morgan fingerprint density at radius 2 is 1.85 bits per heavy atom. The van der Waals surface area contributed by atoms with Crippen LogP contribution in [0.5, 0.6) is 5.75 Å². The van der Waals surface area contributed by atoms with Crippen molar-refractivity contribution in [3.05, 3.63) is 105 Å². The van der Waals surface area contributed by atoms with Crippen LogP contribution in [0.2, 0.25) is 0 Å². The first kappa shape index (κ1) is 22.7. The van der Waals surface area contributed by atoms with Crippen molar-refractivity contribution in [1.29, 1.82) is 0 Å². The largest absolute Gasteiger partial charge is 0.507 e. The lowest BCUT2D eigenvalue weighted by molar-refractivity contribution is -0.384. The molecule has 1 N–H and O–H groups in total. The first-order chi connectivity index (χ1) is 16.4. The van der Waals surface area contributed by atoms with Crippen molar-refractivity contribution >= 4 is 23.1 Å². The zero-order valence-corrected chi connectivity index (χ0v) is 18.2. The molecule has 0 radical (unpaired) electrons. The molecule has 0 spiro atoms. The minimum Gasteiger partial charge on any atom is -0.507 e. The van der Waals surface area contributed by atoms with Crippen LogP contribution in [0.3, 0.4) is 0 Å². The first-order valence-corrected chi connectivity index (χ1v) is 10.6. The lowest BCUT2D eigenvalue weighted by atomic mass is 9.94. The molecule has 0 saturated carbocycles. The van der Waals surface area contributed by atoms with Crippen LogP contribution >= 0.6 is 0 Å². The van der Waals surface area contributed by atoms with Gasteiger partial charge >= 0.3 is 0 Å². The summed E-state index contributed by atoms with van der Waals surface area (Å²) in [6.07, 6.45) is 3.13. The third-order valence-electron chi connectivity index (χ3n) is 5.46. The second kappa shape index (κ2) is 9.53. The average Bonchev–Trinajstić information content (AvgIpc) is 3.09. The lowest BCUT2D eigenvalue weighted by Crippen LogP contribution is -2.29. The zero-order valence-electron chi connectivity index (χ0n) is 18.2. The van der Waals surface area contributed by atoms with Gasteiger partial charge in [0.2, 0.25) is 0 Å². The van der Waals surface area contributed by atoms with Gasteiger partial charge in [-0.05, 0) is 42.3 Å². The van der Waals surface area contributed by atoms with E-state index in [1.165, 1.54) is 23.1 Å². The summed E-state index contributed by atoms with van der Waals surface area (Å²) in [6.45, 7) is 2.28. The Labute approximate surface area is 195 Å². The zero-order chi connectivity index (χ0) is 24.2. The van der Waals surface area contributed by atoms with Gasteiger partial charge in [0.05, 0.1) is 23.1 Å². The molecule has 3 aromatic rings. The van der Waals surface area contributed by atoms with Gasteiger partial charge in [0.15, 0.2) is 0 Å². The maximum absolute atomic E-state index is 13.1. The Morgan fingerprint density at radius 3 is 2.56 bits per heavy atom. The number of carbonyl (C=O) groups excluding carboxylic acids is 2. The number of nitro groups is 1. The third kappa shape index (κ3) is 4.36. The molecule has 172 valence electrons. The van der Waals surface area contributed by atoms with E-state index in [9.17, 15) is 24.8 Å². The number of ether oxygens (including phenoxy) is 1. The van der Waals surface area contributed by atoms with Gasteiger partial charge in [-0.25, -0.2) is 0 Å². The van der Waals surface area contributed by atoms with E-state index in [2.05, 4.69) is 4.98 Å². The molecule has 1 unspecified atom stereocenters. The molecule has 1 saturated heterocycles. The van der Waals surface area contributed by atoms with Crippen LogP contribution in [0.1, 0.15) is 29.7 Å². The predicted molar refractivity (Wildman–Crippen MR) is 123 cm³/mol. The molecule has 1 fully saturated rings. The van der Waals surface area contributed by atoms with Gasteiger partial charge in [-0.2, -0.15) is 0 Å². The number of amides is 1. The van der Waals surface area contributed by atoms with Crippen molar-refractivity contribution in [3.8, 4) is 5.75 Å². The van der Waals surface area contributed by atoms with Gasteiger partial charge in [-0.15, -0.1) is 0 Å². The molecule has 2 heterocycles. The summed E-state index contributed by atoms with van der Waals surface area (Å²) in [4.78, 5) is 42.3. The number of aromatic nitrogens is 1. The Kier molecular flexibility index (Phi) is 6.35. The normalized spacial score (nSPS) is 17.1. The highest BCUT2D eigenvalue weighted by Crippen LogP contribution is 2.41. The highest BCUT2D eigenvalue weighted by atomic mass is 16.6. The fourth-order valence-corrected chi connectivity index (χ4v) is 3.94. The number of likely N-dealkylation sites (tertiary alicyclic amines) is 1. The second-order valence-corrected chi connectivity index (χ2v) is 7.60. The van der Waals surface area contributed by atoms with E-state index in [0.717, 1.165) is 0 Å². The Hall–Kier alpha value is -4.53. The molecule has 4 rings (SSSR count). The van der Waals surface area contributed by atoms with Crippen LogP contribution in [-0.2, 0) is 16.1 Å². The number of carbonyl (C=O) groups is 2. The monoisotopic (exact) mass is 459 g/mol. The Bertz CT molecular complexity index is 1290. The summed E-state index contributed by atoms with van der Waals surface area (Å²) < 4.78 is 5.48. The summed E-state index contributed by atoms with van der Waals surface area (Å²) in [5, 5.41) is 22.6. The number of nitro benzene ring substituents is 1. The number of Topliss-reactive ketones (excluding diaryl/α,β-unsaturated/α-hetero) is 1. The molecule has 1 aromatic heterocycles. The highest BCUT2D eigenvalue weighted by Gasteiger charge is 2.46. The van der Waals surface area contributed by atoms with Crippen LogP contribution in [0.25, 0.3) is 5.76 Å². The number of hydrogen-bond acceptors (Lipinski definition) is 7. The van der Waals surface area contributed by atoms with Crippen LogP contribution in [-0.4, -0.2) is 38.2 Å². The molecular weight excluding hydrogens is 438 g/mol. The Balaban J connectivity index is 1.88. The number of ketones is 1. The fraction of sp³-hybridized carbons (Fsp3) is 0.160. The van der Waals surface area contributed by atoms with Crippen molar-refractivity contribution in [2.24, 2.45) is 0 Å². The summed E-state index contributed by atoms with van der Waals surface area (Å²) in [5.74, 6) is -1.57. The predicted octanol–water partition coefficient (Wildman–Crippen LogP) is 4.01. The van der Waals surface area contributed by atoms with Crippen molar-refractivity contribution in [3.63, 3.8) is 0 Å². The van der Waals surface area contributed by atoms with Crippen LogP contribution in [0.15, 0.2) is 78.6 Å². The molecular formula is C25H21N3O6. The number of hydrogen-bond donors (Lipinski definition) is 1. The number of benzene rings is 2. The summed E-state index contributed by atoms with van der Waals surface area (Å²) in [7, 11) is 0. The van der Waals surface area contributed by atoms with E-state index in [1.54, 1.807) is 54.9 Å². The average molecular weight is 459 g/mol. The number of aliphatic hydroxyl groups is 1. The minimum absolute atomic E-state index is 0.0518. The van der Waals surface area contributed by atoms with Gasteiger partial charge in [0, 0.05) is 36.6 Å². The number of non-ortho nitro benzene ring substituents is 1. The van der Waals surface area contributed by atoms with Gasteiger partial charge in [0.25, 0.3) is 17.4 Å². The maximum Gasteiger partial charge on any atom is 0.295 e. The molecule has 9 heteroatoms. The quantitative estimate of drug-likeness (QED) is 0.186. The number of nitrogens with zero attached hydrogens (tertiary/aromatic N) is 3. The summed E-state index contributed by atoms with van der Waals surface area (Å²) in [6, 6.07) is 14.6. The molecule has 1 amide bonds. The highest BCUT2D eigenvalue weighted by molar-refractivity contribution is 6.46. The molecule has 34 heavy (non-hydrogen) atoms. The fourth-order valence-electron chi connectivity index (χ4n) is 3.94. The molecule has 0 aliphatic carbocycles. The van der Waals surface area contributed by atoms with Gasteiger partial charge < -0.3 is 14.7 Å². The summed E-state index contributed by atoms with van der Waals surface area (Å²) in [5.41, 5.74) is 1.01. The van der Waals surface area contributed by atoms with E-state index in [-0.39, 0.29) is 23.6 Å². The van der Waals surface area contributed by atoms with Crippen molar-refractivity contribution in [1.82, 2.24) is 9.88 Å². The van der Waals surface area contributed by atoms with Gasteiger partial charge in [0.1, 0.15) is 11.5 Å². The minimum atomic E-state index is -1.02. The smallest absolute Gasteiger partial charge is 0.295 e. The SMILES string of the molecule is CCOc1cccc(C(O)=C2C(=O)C(=O)N(Cc3ccncc3)C2c2cccc([N+](=O)[O-])c2)c1. The van der Waals surface area contributed by atoms with Crippen LogP contribution in [0.4, 0.5) is 5.69 Å². The third-order valence-corrected chi connectivity index (χ3v) is 5.46. The second-order valence-electron chi connectivity index (χ2n) is 7.60. The van der Waals surface area contributed by atoms with E-state index in [1.807, 2.05) is 6.92 Å².